The molecule has 2 saturated carbocycles. The Hall–Kier alpha value is -0.570. The highest BCUT2D eigenvalue weighted by molar-refractivity contribution is 14.0. The third-order valence-corrected chi connectivity index (χ3v) is 6.15. The van der Waals surface area contributed by atoms with Crippen molar-refractivity contribution >= 4 is 35.9 Å². The largest absolute Gasteiger partial charge is 0.462 e. The number of halogens is 1. The monoisotopic (exact) mass is 493 g/mol. The van der Waals surface area contributed by atoms with Gasteiger partial charge in [-0.15, -0.1) is 24.0 Å². The number of nitrogens with zero attached hydrogens (tertiary/aromatic N) is 1. The maximum atomic E-state index is 11.9. The number of esters is 1. The minimum Gasteiger partial charge on any atom is -0.462 e. The van der Waals surface area contributed by atoms with Gasteiger partial charge in [0.1, 0.15) is 6.10 Å². The fourth-order valence-corrected chi connectivity index (χ4v) is 4.75. The molecule has 0 aromatic carbocycles. The van der Waals surface area contributed by atoms with E-state index < -0.39 is 0 Å². The Kier molecular flexibility index (Phi) is 8.65. The third-order valence-electron chi connectivity index (χ3n) is 6.15. The summed E-state index contributed by atoms with van der Waals surface area (Å²) < 4.78 is 11.4. The Morgan fingerprint density at radius 2 is 2.00 bits per heavy atom. The molecule has 156 valence electrons. The Labute approximate surface area is 180 Å². The summed E-state index contributed by atoms with van der Waals surface area (Å²) in [5.74, 6) is 1.35. The molecular formula is C20H36IN3O3. The van der Waals surface area contributed by atoms with Gasteiger partial charge in [0.25, 0.3) is 0 Å². The van der Waals surface area contributed by atoms with Crippen LogP contribution in [0.4, 0.5) is 0 Å². The van der Waals surface area contributed by atoms with E-state index in [4.69, 9.17) is 9.47 Å². The number of ether oxygens (including phenoxy) is 2. The number of fused-ring (bicyclic) bond motifs is 1. The first-order valence-corrected chi connectivity index (χ1v) is 10.4. The number of hydrogen-bond acceptors (Lipinski definition) is 4. The molecular weight excluding hydrogens is 457 g/mol. The molecule has 1 aliphatic heterocycles. The van der Waals surface area contributed by atoms with E-state index in [1.807, 2.05) is 0 Å². The molecule has 27 heavy (non-hydrogen) atoms. The first-order valence-electron chi connectivity index (χ1n) is 10.4. The molecule has 3 aliphatic rings. The second-order valence-electron chi connectivity index (χ2n) is 8.45. The molecule has 2 N–H and O–H groups in total. The topological polar surface area (TPSA) is 72.0 Å². The minimum absolute atomic E-state index is 0. The van der Waals surface area contributed by atoms with Crippen LogP contribution in [0.5, 0.6) is 0 Å². The van der Waals surface area contributed by atoms with Gasteiger partial charge in [-0.05, 0) is 45.4 Å². The van der Waals surface area contributed by atoms with Crippen LogP contribution in [0, 0.1) is 11.3 Å². The van der Waals surface area contributed by atoms with Gasteiger partial charge in [0.2, 0.25) is 0 Å². The smallest absolute Gasteiger partial charge is 0.306 e. The number of carbonyl (C=O) groups is 1. The summed E-state index contributed by atoms with van der Waals surface area (Å²) in [6, 6.07) is 0.389. The lowest BCUT2D eigenvalue weighted by Crippen LogP contribution is -2.67. The van der Waals surface area contributed by atoms with Gasteiger partial charge >= 0.3 is 5.97 Å². The molecule has 2 aliphatic carbocycles. The van der Waals surface area contributed by atoms with Crippen LogP contribution in [0.25, 0.3) is 0 Å². The lowest BCUT2D eigenvalue weighted by molar-refractivity contribution is -0.148. The van der Waals surface area contributed by atoms with Gasteiger partial charge < -0.3 is 20.1 Å². The highest BCUT2D eigenvalue weighted by Gasteiger charge is 2.59. The van der Waals surface area contributed by atoms with Crippen LogP contribution in [0.15, 0.2) is 4.99 Å². The van der Waals surface area contributed by atoms with Crippen molar-refractivity contribution in [1.82, 2.24) is 10.6 Å². The molecule has 1 heterocycles. The standard InChI is InChI=1S/C20H35N3O3.HI/c1-4-21-19(23-17-15-11-13-25-18(15)20(17,2)3)22-12-7-10-16(24)26-14-8-5-6-9-14;/h14-15,17-18H,4-13H2,1-3H3,(H2,21,22,23);1H. The van der Waals surface area contributed by atoms with Crippen molar-refractivity contribution in [2.75, 3.05) is 19.7 Å². The van der Waals surface area contributed by atoms with Crippen LogP contribution in [0.3, 0.4) is 0 Å². The van der Waals surface area contributed by atoms with Crippen molar-refractivity contribution in [3.63, 3.8) is 0 Å². The zero-order valence-corrected chi connectivity index (χ0v) is 19.3. The van der Waals surface area contributed by atoms with E-state index in [9.17, 15) is 4.79 Å². The van der Waals surface area contributed by atoms with Gasteiger partial charge in [0.15, 0.2) is 5.96 Å². The van der Waals surface area contributed by atoms with Gasteiger partial charge in [-0.1, -0.05) is 13.8 Å². The van der Waals surface area contributed by atoms with E-state index in [2.05, 4.69) is 36.4 Å². The summed E-state index contributed by atoms with van der Waals surface area (Å²) in [4.78, 5) is 16.6. The van der Waals surface area contributed by atoms with E-state index >= 15 is 0 Å². The number of hydrogen-bond donors (Lipinski definition) is 2. The van der Waals surface area contributed by atoms with Crippen molar-refractivity contribution < 1.29 is 14.3 Å². The molecule has 3 atom stereocenters. The molecule has 0 aromatic heterocycles. The molecule has 6 nitrogen and oxygen atoms in total. The van der Waals surface area contributed by atoms with Crippen LogP contribution in [0.1, 0.15) is 65.7 Å². The molecule has 0 radical (unpaired) electrons. The fourth-order valence-electron chi connectivity index (χ4n) is 4.75. The number of guanidine groups is 1. The molecule has 7 heteroatoms. The summed E-state index contributed by atoms with van der Waals surface area (Å²) in [5.41, 5.74) is 0.127. The van der Waals surface area contributed by atoms with E-state index in [1.165, 1.54) is 12.8 Å². The summed E-state index contributed by atoms with van der Waals surface area (Å²) in [6.45, 7) is 8.93. The predicted molar refractivity (Wildman–Crippen MR) is 118 cm³/mol. The Morgan fingerprint density at radius 1 is 1.26 bits per heavy atom. The van der Waals surface area contributed by atoms with Gasteiger partial charge in [0.05, 0.1) is 6.10 Å². The summed E-state index contributed by atoms with van der Waals surface area (Å²) >= 11 is 0. The third kappa shape index (κ3) is 5.49. The van der Waals surface area contributed by atoms with Crippen molar-refractivity contribution in [3.8, 4) is 0 Å². The van der Waals surface area contributed by atoms with Crippen molar-refractivity contribution in [3.05, 3.63) is 0 Å². The zero-order chi connectivity index (χ0) is 18.6. The predicted octanol–water partition coefficient (Wildman–Crippen LogP) is 3.24. The van der Waals surface area contributed by atoms with Crippen LogP contribution >= 0.6 is 24.0 Å². The van der Waals surface area contributed by atoms with E-state index in [0.717, 1.165) is 44.8 Å². The van der Waals surface area contributed by atoms with Crippen molar-refractivity contribution in [1.29, 1.82) is 0 Å². The minimum atomic E-state index is -0.0730. The van der Waals surface area contributed by atoms with Crippen LogP contribution < -0.4 is 10.6 Å². The van der Waals surface area contributed by atoms with E-state index in [1.54, 1.807) is 0 Å². The average molecular weight is 493 g/mol. The van der Waals surface area contributed by atoms with Crippen molar-refractivity contribution in [2.24, 2.45) is 16.3 Å². The molecule has 3 fully saturated rings. The Morgan fingerprint density at radius 3 is 2.70 bits per heavy atom. The summed E-state index contributed by atoms with van der Waals surface area (Å²) in [5, 5.41) is 6.93. The van der Waals surface area contributed by atoms with Gasteiger partial charge in [-0.3, -0.25) is 9.79 Å². The molecule has 0 bridgehead atoms. The number of nitrogens with one attached hydrogen (secondary N) is 2. The first kappa shape index (κ1) is 22.7. The lowest BCUT2D eigenvalue weighted by Gasteiger charge is -2.54. The summed E-state index contributed by atoms with van der Waals surface area (Å²) in [7, 11) is 0. The van der Waals surface area contributed by atoms with Gasteiger partial charge in [-0.25, -0.2) is 0 Å². The maximum absolute atomic E-state index is 11.9. The second-order valence-corrected chi connectivity index (χ2v) is 8.45. The molecule has 0 spiro atoms. The lowest BCUT2D eigenvalue weighted by atomic mass is 9.57. The first-order chi connectivity index (χ1) is 12.5. The quantitative estimate of drug-likeness (QED) is 0.187. The van der Waals surface area contributed by atoms with E-state index in [0.29, 0.717) is 31.0 Å². The highest BCUT2D eigenvalue weighted by Crippen LogP contribution is 2.52. The number of aliphatic imine (C=N–C) groups is 1. The summed E-state index contributed by atoms with van der Waals surface area (Å²) in [6.07, 6.45) is 7.26. The molecule has 1 saturated heterocycles. The van der Waals surface area contributed by atoms with E-state index in [-0.39, 0.29) is 41.5 Å². The SMILES string of the molecule is CCNC(=NCCCC(=O)OC1CCCC1)NC1C2CCOC2C1(C)C.I. The number of rotatable bonds is 7. The Balaban J connectivity index is 0.00000261. The van der Waals surface area contributed by atoms with Gasteiger partial charge in [0, 0.05) is 43.5 Å². The van der Waals surface area contributed by atoms with Crippen molar-refractivity contribution in [2.45, 2.75) is 84.0 Å². The zero-order valence-electron chi connectivity index (χ0n) is 17.0. The van der Waals surface area contributed by atoms with Crippen LogP contribution in [-0.4, -0.2) is 49.9 Å². The second kappa shape index (κ2) is 10.3. The maximum Gasteiger partial charge on any atom is 0.306 e. The average Bonchev–Trinajstić information content (AvgIpc) is 3.26. The Bertz CT molecular complexity index is 521. The van der Waals surface area contributed by atoms with Gasteiger partial charge in [-0.2, -0.15) is 0 Å². The molecule has 3 unspecified atom stereocenters. The normalized spacial score (nSPS) is 29.4. The molecule has 0 amide bonds. The van der Waals surface area contributed by atoms with Crippen LogP contribution in [-0.2, 0) is 14.3 Å². The highest BCUT2D eigenvalue weighted by atomic mass is 127. The number of carbonyl (C=O) groups excluding carboxylic acids is 1. The van der Waals surface area contributed by atoms with Crippen LogP contribution in [0.2, 0.25) is 0 Å². The molecule has 3 rings (SSSR count). The molecule has 0 aromatic rings. The fraction of sp³-hybridized carbons (Fsp3) is 0.900.